The molecule has 2 aliphatic rings. The predicted octanol–water partition coefficient (Wildman–Crippen LogP) is 2.66. The molecular weight excluding hydrogens is 430 g/mol. The first-order valence-electron chi connectivity index (χ1n) is 10.2. The fourth-order valence-corrected chi connectivity index (χ4v) is 5.00. The first-order chi connectivity index (χ1) is 15.5. The molecular formula is C23H19N3O5S. The topological polar surface area (TPSA) is 109 Å². The van der Waals surface area contributed by atoms with E-state index in [4.69, 9.17) is 4.42 Å². The van der Waals surface area contributed by atoms with Crippen LogP contribution >= 0.6 is 11.3 Å². The molecule has 5 rings (SSSR count). The maximum Gasteiger partial charge on any atom is 0.313 e. The summed E-state index contributed by atoms with van der Waals surface area (Å²) in [6.45, 7) is 0.853. The Bertz CT molecular complexity index is 1240. The number of carbonyl (C=O) groups excluding carboxylic acids is 4. The number of carbonyl (C=O) groups is 4. The van der Waals surface area contributed by atoms with E-state index in [-0.39, 0.29) is 24.0 Å². The highest BCUT2D eigenvalue weighted by Gasteiger charge is 2.32. The number of hydrogen-bond acceptors (Lipinski definition) is 6. The lowest BCUT2D eigenvalue weighted by Gasteiger charge is -2.26. The van der Waals surface area contributed by atoms with Gasteiger partial charge in [-0.2, -0.15) is 0 Å². The Morgan fingerprint density at radius 3 is 2.75 bits per heavy atom. The van der Waals surface area contributed by atoms with Crippen LogP contribution in [0.3, 0.4) is 0 Å². The Labute approximate surface area is 187 Å². The summed E-state index contributed by atoms with van der Waals surface area (Å²) in [4.78, 5) is 52.2. The summed E-state index contributed by atoms with van der Waals surface area (Å²) in [5, 5.41) is 5.21. The molecule has 3 amide bonds. The van der Waals surface area contributed by atoms with Gasteiger partial charge < -0.3 is 20.0 Å². The normalized spacial score (nSPS) is 14.2. The van der Waals surface area contributed by atoms with Gasteiger partial charge in [0, 0.05) is 17.1 Å². The van der Waals surface area contributed by atoms with Crippen molar-refractivity contribution >= 4 is 46.2 Å². The van der Waals surface area contributed by atoms with Crippen LogP contribution in [0.2, 0.25) is 0 Å². The molecule has 9 heteroatoms. The van der Waals surface area contributed by atoms with Gasteiger partial charge in [0.05, 0.1) is 29.8 Å². The van der Waals surface area contributed by atoms with Crippen LogP contribution in [0.4, 0.5) is 11.4 Å². The zero-order valence-corrected chi connectivity index (χ0v) is 17.8. The molecule has 4 heterocycles. The lowest BCUT2D eigenvalue weighted by molar-refractivity contribution is -0.136. The fraction of sp³-hybridized carbons (Fsp3) is 0.217. The molecule has 3 aromatic rings. The first kappa shape index (κ1) is 20.2. The average Bonchev–Trinajstić information content (AvgIpc) is 3.53. The van der Waals surface area contributed by atoms with E-state index in [1.807, 2.05) is 6.07 Å². The molecule has 2 aromatic heterocycles. The van der Waals surface area contributed by atoms with Gasteiger partial charge in [-0.05, 0) is 60.4 Å². The lowest BCUT2D eigenvalue weighted by Crippen LogP contribution is -2.35. The molecule has 0 atom stereocenters. The number of thiophene rings is 1. The Morgan fingerprint density at radius 1 is 1.09 bits per heavy atom. The minimum absolute atomic E-state index is 0.0722. The lowest BCUT2D eigenvalue weighted by atomic mass is 9.99. The highest BCUT2D eigenvalue weighted by Crippen LogP contribution is 2.38. The second-order valence-electron chi connectivity index (χ2n) is 7.68. The maximum atomic E-state index is 12.4. The van der Waals surface area contributed by atoms with E-state index in [9.17, 15) is 19.2 Å². The number of furan rings is 1. The Morgan fingerprint density at radius 2 is 1.94 bits per heavy atom. The van der Waals surface area contributed by atoms with E-state index in [1.165, 1.54) is 17.6 Å². The van der Waals surface area contributed by atoms with Crippen LogP contribution < -0.4 is 15.5 Å². The molecule has 0 aliphatic carbocycles. The van der Waals surface area contributed by atoms with E-state index >= 15 is 0 Å². The number of nitrogens with zero attached hydrogens (tertiary/aromatic N) is 1. The Kier molecular flexibility index (Phi) is 5.10. The monoisotopic (exact) mass is 449 g/mol. The summed E-state index contributed by atoms with van der Waals surface area (Å²) in [5.41, 5.74) is 3.37. The van der Waals surface area contributed by atoms with E-state index in [2.05, 4.69) is 10.6 Å². The molecule has 0 fully saturated rings. The molecule has 0 saturated carbocycles. The molecule has 1 aromatic carbocycles. The second-order valence-corrected chi connectivity index (χ2v) is 8.85. The summed E-state index contributed by atoms with van der Waals surface area (Å²) in [6.07, 6.45) is 3.46. The van der Waals surface area contributed by atoms with Crippen molar-refractivity contribution in [3.8, 4) is 0 Å². The van der Waals surface area contributed by atoms with Crippen molar-refractivity contribution in [3.63, 3.8) is 0 Å². The van der Waals surface area contributed by atoms with Gasteiger partial charge in [-0.25, -0.2) is 0 Å². The van der Waals surface area contributed by atoms with Crippen molar-refractivity contribution in [1.82, 2.24) is 5.32 Å². The number of nitrogens with one attached hydrogen (secondary N) is 2. The van der Waals surface area contributed by atoms with Gasteiger partial charge in [0.15, 0.2) is 5.76 Å². The summed E-state index contributed by atoms with van der Waals surface area (Å²) < 4.78 is 5.12. The van der Waals surface area contributed by atoms with Gasteiger partial charge in [0.1, 0.15) is 0 Å². The molecule has 0 unspecified atom stereocenters. The molecule has 0 radical (unpaired) electrons. The summed E-state index contributed by atoms with van der Waals surface area (Å²) in [5.74, 6) is -1.46. The summed E-state index contributed by atoms with van der Waals surface area (Å²) in [6, 6.07) is 10.2. The van der Waals surface area contributed by atoms with Crippen LogP contribution in [0.1, 0.15) is 37.9 Å². The minimum Gasteiger partial charge on any atom is -0.461 e. The van der Waals surface area contributed by atoms with E-state index in [1.54, 1.807) is 35.2 Å². The zero-order valence-electron chi connectivity index (χ0n) is 17.0. The van der Waals surface area contributed by atoms with E-state index in [0.717, 1.165) is 41.1 Å². The molecule has 2 N–H and O–H groups in total. The van der Waals surface area contributed by atoms with Crippen molar-refractivity contribution in [2.75, 3.05) is 16.8 Å². The number of hydrogen-bond donors (Lipinski definition) is 2. The van der Waals surface area contributed by atoms with Crippen LogP contribution in [-0.4, -0.2) is 30.0 Å². The number of rotatable bonds is 5. The third-order valence-corrected chi connectivity index (χ3v) is 6.61. The molecule has 0 bridgehead atoms. The smallest absolute Gasteiger partial charge is 0.313 e. The van der Waals surface area contributed by atoms with Crippen molar-refractivity contribution in [2.24, 2.45) is 0 Å². The second kappa shape index (κ2) is 8.08. The average molecular weight is 449 g/mol. The number of benzene rings is 1. The molecule has 32 heavy (non-hydrogen) atoms. The molecule has 0 saturated heterocycles. The third-order valence-electron chi connectivity index (χ3n) is 5.53. The number of anilines is 2. The van der Waals surface area contributed by atoms with Crippen molar-refractivity contribution < 1.29 is 23.6 Å². The highest BCUT2D eigenvalue weighted by molar-refractivity contribution is 7.14. The van der Waals surface area contributed by atoms with Crippen LogP contribution in [0.15, 0.2) is 47.1 Å². The quantitative estimate of drug-likeness (QED) is 0.460. The van der Waals surface area contributed by atoms with Gasteiger partial charge in [0.2, 0.25) is 11.7 Å². The van der Waals surface area contributed by atoms with Gasteiger partial charge >= 0.3 is 11.8 Å². The molecule has 0 spiro atoms. The van der Waals surface area contributed by atoms with Crippen LogP contribution in [0.5, 0.6) is 0 Å². The number of amides is 3. The number of ketones is 1. The largest absolute Gasteiger partial charge is 0.461 e. The van der Waals surface area contributed by atoms with Crippen LogP contribution in [0, 0.1) is 0 Å². The van der Waals surface area contributed by atoms with Crippen LogP contribution in [0.25, 0.3) is 0 Å². The standard InChI is InChI=1S/C23H19N3O5S/c27-19-11-14-10-15(9-13-3-1-7-26(19)20(13)14)25-23(30)22(29)24-12-16-5-6-18(32-16)21(28)17-4-2-8-31-17/h2,4-6,8-10H,1,3,7,11-12H2,(H,24,29)(H,25,30). The third kappa shape index (κ3) is 3.71. The van der Waals surface area contributed by atoms with Gasteiger partial charge in [0.25, 0.3) is 0 Å². The minimum atomic E-state index is -0.780. The fourth-order valence-electron chi connectivity index (χ4n) is 4.11. The summed E-state index contributed by atoms with van der Waals surface area (Å²) >= 11 is 1.23. The van der Waals surface area contributed by atoms with E-state index < -0.39 is 11.8 Å². The molecule has 162 valence electrons. The van der Waals surface area contributed by atoms with Gasteiger partial charge in [-0.1, -0.05) is 0 Å². The zero-order chi connectivity index (χ0) is 22.2. The molecule has 2 aliphatic heterocycles. The van der Waals surface area contributed by atoms with Crippen molar-refractivity contribution in [2.45, 2.75) is 25.8 Å². The van der Waals surface area contributed by atoms with Crippen LogP contribution in [-0.2, 0) is 33.8 Å². The van der Waals surface area contributed by atoms with Crippen molar-refractivity contribution in [1.29, 1.82) is 0 Å². The molecule has 8 nitrogen and oxygen atoms in total. The Hall–Kier alpha value is -3.72. The predicted molar refractivity (Wildman–Crippen MR) is 118 cm³/mol. The summed E-state index contributed by atoms with van der Waals surface area (Å²) in [7, 11) is 0. The SMILES string of the molecule is O=C(NCc1ccc(C(=O)c2ccco2)s1)C(=O)Nc1cc2c3c(c1)CC(=O)N3CCC2. The van der Waals surface area contributed by atoms with Gasteiger partial charge in [-0.3, -0.25) is 19.2 Å². The van der Waals surface area contributed by atoms with E-state index in [0.29, 0.717) is 17.0 Å². The van der Waals surface area contributed by atoms with Crippen molar-refractivity contribution in [3.05, 3.63) is 69.3 Å². The number of aryl methyl sites for hydroxylation is 1. The highest BCUT2D eigenvalue weighted by atomic mass is 32.1. The first-order valence-corrected chi connectivity index (χ1v) is 11.0. The maximum absolute atomic E-state index is 12.4. The van der Waals surface area contributed by atoms with Gasteiger partial charge in [-0.15, -0.1) is 11.3 Å². The Balaban J connectivity index is 1.21.